The maximum Gasteiger partial charge on any atom is 0.222 e. The van der Waals surface area contributed by atoms with Crippen molar-refractivity contribution in [3.8, 4) is 0 Å². The third-order valence-electron chi connectivity index (χ3n) is 3.69. The van der Waals surface area contributed by atoms with Crippen molar-refractivity contribution in [3.63, 3.8) is 0 Å². The summed E-state index contributed by atoms with van der Waals surface area (Å²) in [4.78, 5) is 8.37. The summed E-state index contributed by atoms with van der Waals surface area (Å²) in [6.45, 7) is 4.63. The Labute approximate surface area is 96.7 Å². The zero-order valence-electron chi connectivity index (χ0n) is 9.98. The van der Waals surface area contributed by atoms with Crippen LogP contribution < -0.4 is 11.1 Å². The van der Waals surface area contributed by atoms with E-state index in [1.807, 2.05) is 0 Å². The van der Waals surface area contributed by atoms with Crippen molar-refractivity contribution in [2.75, 3.05) is 11.1 Å². The molecule has 0 radical (unpaired) electrons. The van der Waals surface area contributed by atoms with E-state index in [1.54, 1.807) is 12.4 Å². The van der Waals surface area contributed by atoms with Crippen molar-refractivity contribution >= 4 is 11.6 Å². The van der Waals surface area contributed by atoms with Crippen LogP contribution in [0.4, 0.5) is 11.6 Å². The van der Waals surface area contributed by atoms with Crippen LogP contribution >= 0.6 is 0 Å². The summed E-state index contributed by atoms with van der Waals surface area (Å²) in [6, 6.07) is 0.493. The number of rotatable bonds is 2. The van der Waals surface area contributed by atoms with Gasteiger partial charge in [-0.3, -0.25) is 0 Å². The molecule has 1 aliphatic rings. The predicted octanol–water partition coefficient (Wildman–Crippen LogP) is 2.30. The molecule has 0 bridgehead atoms. The van der Waals surface area contributed by atoms with Crippen LogP contribution in [0, 0.1) is 11.8 Å². The zero-order valence-corrected chi connectivity index (χ0v) is 9.98. The molecule has 0 aliphatic heterocycles. The molecule has 1 heterocycles. The van der Waals surface area contributed by atoms with E-state index in [4.69, 9.17) is 5.73 Å². The Kier molecular flexibility index (Phi) is 3.27. The second kappa shape index (κ2) is 4.68. The minimum Gasteiger partial charge on any atom is -0.396 e. The molecule has 0 aromatic carbocycles. The fourth-order valence-electron chi connectivity index (χ4n) is 2.36. The number of nitrogens with one attached hydrogen (secondary N) is 1. The van der Waals surface area contributed by atoms with Gasteiger partial charge < -0.3 is 11.1 Å². The lowest BCUT2D eigenvalue weighted by Crippen LogP contribution is -2.35. The Balaban J connectivity index is 2.00. The summed E-state index contributed by atoms with van der Waals surface area (Å²) < 4.78 is 0. The first-order valence-electron chi connectivity index (χ1n) is 6.01. The van der Waals surface area contributed by atoms with Crippen molar-refractivity contribution in [2.45, 2.75) is 39.2 Å². The first-order chi connectivity index (χ1) is 7.66. The van der Waals surface area contributed by atoms with Gasteiger partial charge in [0.15, 0.2) is 0 Å². The van der Waals surface area contributed by atoms with Gasteiger partial charge in [-0.1, -0.05) is 26.7 Å². The normalized spacial score (nSPS) is 30.0. The van der Waals surface area contributed by atoms with Crippen molar-refractivity contribution in [1.82, 2.24) is 9.97 Å². The fraction of sp³-hybridized carbons (Fsp3) is 0.667. The van der Waals surface area contributed by atoms with E-state index in [0.717, 1.165) is 5.92 Å². The van der Waals surface area contributed by atoms with Gasteiger partial charge in [0, 0.05) is 6.04 Å². The minimum absolute atomic E-state index is 0.493. The third-order valence-corrected chi connectivity index (χ3v) is 3.69. The van der Waals surface area contributed by atoms with Gasteiger partial charge in [-0.05, 0) is 18.3 Å². The molecule has 1 saturated carbocycles. The van der Waals surface area contributed by atoms with Gasteiger partial charge in [0.1, 0.15) is 0 Å². The number of nitrogen functional groups attached to an aromatic ring is 1. The Hall–Kier alpha value is -1.32. The molecule has 88 valence electrons. The lowest BCUT2D eigenvalue weighted by atomic mass is 9.78. The van der Waals surface area contributed by atoms with Gasteiger partial charge >= 0.3 is 0 Å². The van der Waals surface area contributed by atoms with E-state index < -0.39 is 0 Å². The Bertz CT molecular complexity index is 335. The van der Waals surface area contributed by atoms with Crippen LogP contribution in [0.5, 0.6) is 0 Å². The summed E-state index contributed by atoms with van der Waals surface area (Å²) in [5, 5.41) is 3.41. The van der Waals surface area contributed by atoms with Crippen LogP contribution in [0.1, 0.15) is 33.1 Å². The van der Waals surface area contributed by atoms with Crippen molar-refractivity contribution in [3.05, 3.63) is 12.4 Å². The van der Waals surface area contributed by atoms with Crippen LogP contribution in [0.25, 0.3) is 0 Å². The smallest absolute Gasteiger partial charge is 0.222 e. The van der Waals surface area contributed by atoms with E-state index in [1.165, 1.54) is 19.3 Å². The highest BCUT2D eigenvalue weighted by Gasteiger charge is 2.27. The summed E-state index contributed by atoms with van der Waals surface area (Å²) in [5.41, 5.74) is 6.16. The first-order valence-corrected chi connectivity index (χ1v) is 6.01. The van der Waals surface area contributed by atoms with Crippen molar-refractivity contribution in [2.24, 2.45) is 11.8 Å². The SMILES string of the molecule is CC1CCCC(Nc2ncc(N)cn2)C1C. The highest BCUT2D eigenvalue weighted by molar-refractivity contribution is 5.36. The van der Waals surface area contributed by atoms with E-state index in [2.05, 4.69) is 29.1 Å². The molecule has 4 heteroatoms. The van der Waals surface area contributed by atoms with Gasteiger partial charge in [-0.25, -0.2) is 9.97 Å². The van der Waals surface area contributed by atoms with Gasteiger partial charge in [0.05, 0.1) is 18.1 Å². The van der Waals surface area contributed by atoms with Crippen LogP contribution in [-0.4, -0.2) is 16.0 Å². The molecule has 4 nitrogen and oxygen atoms in total. The lowest BCUT2D eigenvalue weighted by Gasteiger charge is -2.34. The quantitative estimate of drug-likeness (QED) is 0.802. The van der Waals surface area contributed by atoms with Crippen LogP contribution in [0.3, 0.4) is 0 Å². The molecule has 3 unspecified atom stereocenters. The molecular formula is C12H20N4. The van der Waals surface area contributed by atoms with Crippen molar-refractivity contribution < 1.29 is 0 Å². The molecule has 1 aromatic heterocycles. The maximum atomic E-state index is 5.56. The Morgan fingerprint density at radius 3 is 2.62 bits per heavy atom. The molecule has 1 fully saturated rings. The molecule has 16 heavy (non-hydrogen) atoms. The van der Waals surface area contributed by atoms with E-state index in [9.17, 15) is 0 Å². The fourth-order valence-corrected chi connectivity index (χ4v) is 2.36. The predicted molar refractivity (Wildman–Crippen MR) is 66.0 cm³/mol. The Morgan fingerprint density at radius 1 is 1.25 bits per heavy atom. The van der Waals surface area contributed by atoms with Gasteiger partial charge in [-0.2, -0.15) is 0 Å². The second-order valence-corrected chi connectivity index (χ2v) is 4.86. The highest BCUT2D eigenvalue weighted by atomic mass is 15.1. The number of nitrogens with two attached hydrogens (primary N) is 1. The van der Waals surface area contributed by atoms with E-state index in [-0.39, 0.29) is 0 Å². The van der Waals surface area contributed by atoms with E-state index >= 15 is 0 Å². The standard InChI is InChI=1S/C12H20N4/c1-8-4-3-5-11(9(8)2)16-12-14-6-10(13)7-15-12/h6-9,11H,3-5,13H2,1-2H3,(H,14,15,16). The summed E-state index contributed by atoms with van der Waals surface area (Å²) >= 11 is 0. The minimum atomic E-state index is 0.493. The number of aromatic nitrogens is 2. The highest BCUT2D eigenvalue weighted by Crippen LogP contribution is 2.30. The summed E-state index contributed by atoms with van der Waals surface area (Å²) in [6.07, 6.45) is 7.12. The lowest BCUT2D eigenvalue weighted by molar-refractivity contribution is 0.252. The Morgan fingerprint density at radius 2 is 1.94 bits per heavy atom. The summed E-state index contributed by atoms with van der Waals surface area (Å²) in [7, 11) is 0. The zero-order chi connectivity index (χ0) is 11.5. The molecule has 3 atom stereocenters. The molecule has 2 rings (SSSR count). The number of hydrogen-bond acceptors (Lipinski definition) is 4. The van der Waals surface area contributed by atoms with Crippen LogP contribution in [0.15, 0.2) is 12.4 Å². The third kappa shape index (κ3) is 2.43. The van der Waals surface area contributed by atoms with Crippen LogP contribution in [-0.2, 0) is 0 Å². The second-order valence-electron chi connectivity index (χ2n) is 4.86. The molecule has 1 aliphatic carbocycles. The molecule has 0 spiro atoms. The molecular weight excluding hydrogens is 200 g/mol. The van der Waals surface area contributed by atoms with Crippen LogP contribution in [0.2, 0.25) is 0 Å². The molecule has 3 N–H and O–H groups in total. The van der Waals surface area contributed by atoms with Gasteiger partial charge in [0.25, 0.3) is 0 Å². The van der Waals surface area contributed by atoms with Gasteiger partial charge in [0.2, 0.25) is 5.95 Å². The largest absolute Gasteiger partial charge is 0.396 e. The average Bonchev–Trinajstić information content (AvgIpc) is 2.28. The number of nitrogens with zero attached hydrogens (tertiary/aromatic N) is 2. The number of hydrogen-bond donors (Lipinski definition) is 2. The molecule has 1 aromatic rings. The first kappa shape index (κ1) is 11.2. The van der Waals surface area contributed by atoms with Gasteiger partial charge in [-0.15, -0.1) is 0 Å². The monoisotopic (exact) mass is 220 g/mol. The topological polar surface area (TPSA) is 63.8 Å². The molecule has 0 amide bonds. The van der Waals surface area contributed by atoms with Crippen molar-refractivity contribution in [1.29, 1.82) is 0 Å². The summed E-state index contributed by atoms with van der Waals surface area (Å²) in [5.74, 6) is 2.15. The average molecular weight is 220 g/mol. The molecule has 0 saturated heterocycles. The number of anilines is 2. The van der Waals surface area contributed by atoms with E-state index in [0.29, 0.717) is 23.6 Å². The maximum absolute atomic E-state index is 5.56.